The topological polar surface area (TPSA) is 79.1 Å². The van der Waals surface area contributed by atoms with Crippen LogP contribution >= 0.6 is 27.3 Å². The molecule has 240 valence electrons. The maximum atomic E-state index is 14.4. The van der Waals surface area contributed by atoms with Gasteiger partial charge in [-0.2, -0.15) is 0 Å². The highest BCUT2D eigenvalue weighted by molar-refractivity contribution is 9.10. The van der Waals surface area contributed by atoms with Gasteiger partial charge < -0.3 is 14.2 Å². The fraction of sp³-hybridized carbons (Fsp3) is 0.216. The Kier molecular flexibility index (Phi) is 9.70. The van der Waals surface area contributed by atoms with E-state index in [4.69, 9.17) is 19.2 Å². The monoisotopic (exact) mass is 714 g/mol. The number of esters is 1. The lowest BCUT2D eigenvalue weighted by atomic mass is 9.90. The van der Waals surface area contributed by atoms with Crippen molar-refractivity contribution in [2.24, 2.45) is 4.99 Å². The van der Waals surface area contributed by atoms with E-state index in [1.165, 1.54) is 17.4 Å². The molecule has 6 rings (SSSR count). The molecular formula is C37H32BrFN2O5S. The van der Waals surface area contributed by atoms with E-state index in [1.54, 1.807) is 48.9 Å². The van der Waals surface area contributed by atoms with Gasteiger partial charge in [-0.05, 0) is 76.0 Å². The first-order chi connectivity index (χ1) is 22.8. The van der Waals surface area contributed by atoms with E-state index in [1.807, 2.05) is 55.5 Å². The van der Waals surface area contributed by atoms with Gasteiger partial charge in [0.25, 0.3) is 5.56 Å². The summed E-state index contributed by atoms with van der Waals surface area (Å²) in [4.78, 5) is 33.5. The second-order valence-electron chi connectivity index (χ2n) is 10.9. The lowest BCUT2D eigenvalue weighted by Gasteiger charge is -2.28. The third kappa shape index (κ3) is 6.40. The Morgan fingerprint density at radius 2 is 1.81 bits per heavy atom. The first kappa shape index (κ1) is 32.4. The normalized spacial score (nSPS) is 14.6. The highest BCUT2D eigenvalue weighted by atomic mass is 79.9. The molecule has 0 saturated carbocycles. The number of hydrogen-bond donors (Lipinski definition) is 0. The second-order valence-corrected chi connectivity index (χ2v) is 12.7. The average molecular weight is 716 g/mol. The number of ether oxygens (including phenoxy) is 3. The Balaban J connectivity index is 1.50. The van der Waals surface area contributed by atoms with E-state index >= 15 is 0 Å². The molecule has 1 atom stereocenters. The van der Waals surface area contributed by atoms with Gasteiger partial charge in [0.05, 0.1) is 34.0 Å². The first-order valence-electron chi connectivity index (χ1n) is 15.3. The fourth-order valence-electron chi connectivity index (χ4n) is 5.78. The van der Waals surface area contributed by atoms with Gasteiger partial charge in [-0.15, -0.1) is 0 Å². The number of rotatable bonds is 10. The number of carbonyl (C=O) groups is 1. The molecule has 2 heterocycles. The van der Waals surface area contributed by atoms with Crippen molar-refractivity contribution in [1.29, 1.82) is 0 Å². The zero-order valence-electron chi connectivity index (χ0n) is 26.1. The van der Waals surface area contributed by atoms with Crippen LogP contribution in [0.5, 0.6) is 11.5 Å². The summed E-state index contributed by atoms with van der Waals surface area (Å²) in [6.07, 6.45) is 3.07. The second kappa shape index (κ2) is 14.1. The molecule has 0 N–H and O–H groups in total. The standard InChI is InChI=1S/C37H32BrFN2O5S/c1-4-10-28-33(36(43)45-5-2)34(32-25-13-8-6-11-23(25)16-18-30(32)44-3)41-35(42)31(47-37(41)40-28)20-22-15-17-29(26(38)19-22)46-21-24-12-7-9-14-27(24)39/h6-9,11-20,34H,4-5,10,21H2,1-3H3/t34-/m1/s1. The van der Waals surface area contributed by atoms with Crippen molar-refractivity contribution in [3.05, 3.63) is 137 Å². The molecule has 1 aliphatic rings. The minimum atomic E-state index is -0.823. The number of hydrogen-bond acceptors (Lipinski definition) is 7. The van der Waals surface area contributed by atoms with Crippen LogP contribution in [0.1, 0.15) is 49.4 Å². The number of nitrogens with zero attached hydrogens (tertiary/aromatic N) is 2. The largest absolute Gasteiger partial charge is 0.496 e. The van der Waals surface area contributed by atoms with Crippen LogP contribution in [0.2, 0.25) is 0 Å². The maximum absolute atomic E-state index is 14.4. The predicted octanol–water partition coefficient (Wildman–Crippen LogP) is 7.22. The molecule has 1 aliphatic heterocycles. The molecule has 0 amide bonds. The third-order valence-corrected chi connectivity index (χ3v) is 9.51. The van der Waals surface area contributed by atoms with Crippen molar-refractivity contribution in [2.45, 2.75) is 39.3 Å². The van der Waals surface area contributed by atoms with Crippen molar-refractivity contribution >= 4 is 50.1 Å². The Bertz CT molecular complexity index is 2210. The summed E-state index contributed by atoms with van der Waals surface area (Å²) in [5.74, 6) is 0.253. The summed E-state index contributed by atoms with van der Waals surface area (Å²) >= 11 is 4.82. The quantitative estimate of drug-likeness (QED) is 0.143. The first-order valence-corrected chi connectivity index (χ1v) is 16.9. The van der Waals surface area contributed by atoms with Crippen LogP contribution < -0.4 is 24.4 Å². The molecule has 0 bridgehead atoms. The summed E-state index contributed by atoms with van der Waals surface area (Å²) in [6, 6.07) is 22.8. The summed E-state index contributed by atoms with van der Waals surface area (Å²) in [5, 5.41) is 1.81. The lowest BCUT2D eigenvalue weighted by molar-refractivity contribution is -0.139. The zero-order chi connectivity index (χ0) is 33.1. The smallest absolute Gasteiger partial charge is 0.338 e. The molecule has 0 saturated heterocycles. The van der Waals surface area contributed by atoms with E-state index in [0.717, 1.165) is 22.8 Å². The highest BCUT2D eigenvalue weighted by Crippen LogP contribution is 2.41. The van der Waals surface area contributed by atoms with Gasteiger partial charge in [-0.1, -0.05) is 79.3 Å². The van der Waals surface area contributed by atoms with E-state index in [2.05, 4.69) is 15.9 Å². The maximum Gasteiger partial charge on any atom is 0.338 e. The van der Waals surface area contributed by atoms with Crippen molar-refractivity contribution in [2.75, 3.05) is 13.7 Å². The molecule has 4 aromatic carbocycles. The van der Waals surface area contributed by atoms with Gasteiger partial charge in [-0.25, -0.2) is 14.2 Å². The van der Waals surface area contributed by atoms with E-state index in [0.29, 0.717) is 54.1 Å². The number of aromatic nitrogens is 1. The Hall–Kier alpha value is -4.54. The van der Waals surface area contributed by atoms with Crippen LogP contribution in [-0.2, 0) is 16.1 Å². The summed E-state index contributed by atoms with van der Waals surface area (Å²) in [5.41, 5.74) is 2.54. The molecule has 47 heavy (non-hydrogen) atoms. The SMILES string of the molecule is CCCC1=C(C(=O)OCC)[C@@H](c2c(OC)ccc3ccccc23)n2c(sc(=Cc3ccc(OCc4ccccc4F)c(Br)c3)c2=O)=N1. The van der Waals surface area contributed by atoms with Crippen LogP contribution in [0.25, 0.3) is 16.8 Å². The average Bonchev–Trinajstić information content (AvgIpc) is 3.38. The van der Waals surface area contributed by atoms with Crippen LogP contribution in [0, 0.1) is 5.82 Å². The number of methoxy groups -OCH3 is 1. The van der Waals surface area contributed by atoms with Crippen molar-refractivity contribution < 1.29 is 23.4 Å². The number of thiazole rings is 1. The predicted molar refractivity (Wildman–Crippen MR) is 185 cm³/mol. The number of fused-ring (bicyclic) bond motifs is 2. The van der Waals surface area contributed by atoms with Crippen molar-refractivity contribution in [3.8, 4) is 11.5 Å². The molecule has 0 spiro atoms. The van der Waals surface area contributed by atoms with Crippen LogP contribution in [0.4, 0.5) is 4.39 Å². The van der Waals surface area contributed by atoms with Gasteiger partial charge in [0.15, 0.2) is 4.80 Å². The molecule has 0 fully saturated rings. The van der Waals surface area contributed by atoms with Crippen molar-refractivity contribution in [3.63, 3.8) is 0 Å². The van der Waals surface area contributed by atoms with Gasteiger partial charge in [0, 0.05) is 11.1 Å². The molecule has 0 aliphatic carbocycles. The van der Waals surface area contributed by atoms with Crippen LogP contribution in [0.3, 0.4) is 0 Å². The molecule has 10 heteroatoms. The Morgan fingerprint density at radius 1 is 1.04 bits per heavy atom. The van der Waals surface area contributed by atoms with Crippen LogP contribution in [0.15, 0.2) is 104 Å². The Morgan fingerprint density at radius 3 is 2.55 bits per heavy atom. The van der Waals surface area contributed by atoms with Gasteiger partial charge >= 0.3 is 5.97 Å². The summed E-state index contributed by atoms with van der Waals surface area (Å²) in [6.45, 7) is 4.04. The number of halogens is 2. The molecule has 1 aromatic heterocycles. The molecule has 0 unspecified atom stereocenters. The molecular weight excluding hydrogens is 683 g/mol. The lowest BCUT2D eigenvalue weighted by Crippen LogP contribution is -2.40. The van der Waals surface area contributed by atoms with Gasteiger partial charge in [0.2, 0.25) is 0 Å². The zero-order valence-corrected chi connectivity index (χ0v) is 28.5. The minimum absolute atomic E-state index is 0.0732. The molecule has 7 nitrogen and oxygen atoms in total. The van der Waals surface area contributed by atoms with E-state index in [9.17, 15) is 14.0 Å². The summed E-state index contributed by atoms with van der Waals surface area (Å²) < 4.78 is 34.1. The Labute approximate surface area is 283 Å². The van der Waals surface area contributed by atoms with Gasteiger partial charge in [0.1, 0.15) is 30.0 Å². The molecule has 5 aromatic rings. The fourth-order valence-corrected chi connectivity index (χ4v) is 7.31. The van der Waals surface area contributed by atoms with Gasteiger partial charge in [-0.3, -0.25) is 9.36 Å². The number of allylic oxidation sites excluding steroid dienone is 1. The number of carbonyl (C=O) groups excluding carboxylic acids is 1. The third-order valence-electron chi connectivity index (χ3n) is 7.91. The van der Waals surface area contributed by atoms with Crippen molar-refractivity contribution in [1.82, 2.24) is 4.57 Å². The highest BCUT2D eigenvalue weighted by Gasteiger charge is 2.37. The number of benzene rings is 4. The minimum Gasteiger partial charge on any atom is -0.496 e. The van der Waals surface area contributed by atoms with E-state index in [-0.39, 0.29) is 24.6 Å². The van der Waals surface area contributed by atoms with E-state index < -0.39 is 12.0 Å². The summed E-state index contributed by atoms with van der Waals surface area (Å²) in [7, 11) is 1.58. The van der Waals surface area contributed by atoms with Crippen LogP contribution in [-0.4, -0.2) is 24.3 Å². The molecule has 0 radical (unpaired) electrons.